The number of benzene rings is 1. The molecule has 2 rings (SSSR count). The van der Waals surface area contributed by atoms with E-state index in [9.17, 15) is 13.2 Å². The van der Waals surface area contributed by atoms with E-state index in [1.54, 1.807) is 0 Å². The summed E-state index contributed by atoms with van der Waals surface area (Å²) in [6.45, 7) is 5.52. The first-order chi connectivity index (χ1) is 14.5. The van der Waals surface area contributed by atoms with E-state index in [1.165, 1.54) is 0 Å². The lowest BCUT2D eigenvalue weighted by molar-refractivity contribution is -0.130. The van der Waals surface area contributed by atoms with Crippen molar-refractivity contribution in [2.75, 3.05) is 38.5 Å². The molecule has 0 bridgehead atoms. The van der Waals surface area contributed by atoms with Crippen molar-refractivity contribution < 1.29 is 13.2 Å². The van der Waals surface area contributed by atoms with E-state index in [1.807, 2.05) is 42.2 Å². The molecule has 9 heteroatoms. The minimum Gasteiger partial charge on any atom is -0.357 e. The lowest BCUT2D eigenvalue weighted by Crippen LogP contribution is -2.38. The average molecular weight is 565 g/mol. The predicted octanol–water partition coefficient (Wildman–Crippen LogP) is 2.96. The van der Waals surface area contributed by atoms with Gasteiger partial charge in [-0.05, 0) is 38.2 Å². The summed E-state index contributed by atoms with van der Waals surface area (Å²) in [4.78, 5) is 18.5. The largest absolute Gasteiger partial charge is 0.357 e. The number of sulfone groups is 1. The molecule has 176 valence electrons. The summed E-state index contributed by atoms with van der Waals surface area (Å²) in [7, 11) is -3.12. The Balaban J connectivity index is 0.00000480. The predicted molar refractivity (Wildman–Crippen MR) is 138 cm³/mol. The third-order valence-corrected chi connectivity index (χ3v) is 6.71. The van der Waals surface area contributed by atoms with Crippen LogP contribution in [0.1, 0.15) is 51.0 Å². The van der Waals surface area contributed by atoms with Crippen LogP contribution in [-0.2, 0) is 20.4 Å². The van der Waals surface area contributed by atoms with Crippen LogP contribution in [0.3, 0.4) is 0 Å². The van der Waals surface area contributed by atoms with Crippen LogP contribution in [0.25, 0.3) is 0 Å². The summed E-state index contributed by atoms with van der Waals surface area (Å²) in [6, 6.07) is 9.27. The molecule has 1 saturated heterocycles. The van der Waals surface area contributed by atoms with E-state index in [4.69, 9.17) is 0 Å². The zero-order valence-electron chi connectivity index (χ0n) is 18.5. The van der Waals surface area contributed by atoms with Gasteiger partial charge in [-0.2, -0.15) is 0 Å². The third kappa shape index (κ3) is 11.7. The molecule has 0 spiro atoms. The molecule has 0 atom stereocenters. The second-order valence-electron chi connectivity index (χ2n) is 7.66. The second kappa shape index (κ2) is 15.4. The number of rotatable bonds is 11. The van der Waals surface area contributed by atoms with E-state index in [0.29, 0.717) is 31.9 Å². The number of likely N-dealkylation sites (tertiary alicyclic amines) is 1. The van der Waals surface area contributed by atoms with Crippen molar-refractivity contribution in [2.45, 2.75) is 51.2 Å². The number of carbonyl (C=O) groups is 1. The summed E-state index contributed by atoms with van der Waals surface area (Å²) < 4.78 is 24.6. The lowest BCUT2D eigenvalue weighted by Gasteiger charge is -2.20. The Morgan fingerprint density at radius 3 is 2.61 bits per heavy atom. The van der Waals surface area contributed by atoms with Crippen molar-refractivity contribution in [1.82, 2.24) is 15.5 Å². The van der Waals surface area contributed by atoms with Crippen molar-refractivity contribution in [3.63, 3.8) is 0 Å². The Morgan fingerprint density at radius 1 is 1.10 bits per heavy atom. The van der Waals surface area contributed by atoms with Gasteiger partial charge in [0, 0.05) is 39.1 Å². The molecule has 0 aliphatic carbocycles. The molecule has 0 saturated carbocycles. The molecule has 0 aromatic heterocycles. The molecular weight excluding hydrogens is 527 g/mol. The Hall–Kier alpha value is -1.36. The molecule has 31 heavy (non-hydrogen) atoms. The standard InChI is InChI=1S/C22H36N4O3S.HI/c1-2-23-22(24-14-9-17-26-16-8-4-7-13-21(26)27)25-15-10-18-30(28,29)19-20-11-5-3-6-12-20;/h3,5-6,11-12H,2,4,7-10,13-19H2,1H3,(H2,23,24,25);1H. The molecule has 2 N–H and O–H groups in total. The van der Waals surface area contributed by atoms with Gasteiger partial charge >= 0.3 is 0 Å². The number of hydrogen-bond acceptors (Lipinski definition) is 4. The summed E-state index contributed by atoms with van der Waals surface area (Å²) >= 11 is 0. The van der Waals surface area contributed by atoms with E-state index in [-0.39, 0.29) is 41.4 Å². The number of amides is 1. The summed E-state index contributed by atoms with van der Waals surface area (Å²) in [5.41, 5.74) is 0.822. The van der Waals surface area contributed by atoms with Crippen molar-refractivity contribution in [2.24, 2.45) is 4.99 Å². The number of guanidine groups is 1. The van der Waals surface area contributed by atoms with Gasteiger partial charge in [-0.25, -0.2) is 8.42 Å². The van der Waals surface area contributed by atoms with Gasteiger partial charge in [0.25, 0.3) is 0 Å². The number of nitrogens with one attached hydrogen (secondary N) is 2. The first-order valence-corrected chi connectivity index (χ1v) is 12.9. The lowest BCUT2D eigenvalue weighted by atomic mass is 10.2. The van der Waals surface area contributed by atoms with Crippen LogP contribution in [-0.4, -0.2) is 63.7 Å². The summed E-state index contributed by atoms with van der Waals surface area (Å²) in [5, 5.41) is 6.39. The molecule has 7 nitrogen and oxygen atoms in total. The normalized spacial score (nSPS) is 15.2. The molecule has 1 aliphatic heterocycles. The van der Waals surface area contributed by atoms with Gasteiger partial charge in [0.15, 0.2) is 15.8 Å². The molecular formula is C22H37IN4O3S. The molecule has 0 unspecified atom stereocenters. The summed E-state index contributed by atoms with van der Waals surface area (Å²) in [5.74, 6) is 1.18. The monoisotopic (exact) mass is 564 g/mol. The summed E-state index contributed by atoms with van der Waals surface area (Å²) in [6.07, 6.45) is 5.25. The number of carbonyl (C=O) groups excluding carboxylic acids is 1. The maximum atomic E-state index is 12.3. The Labute approximate surface area is 204 Å². The van der Waals surface area contributed by atoms with Gasteiger partial charge < -0.3 is 15.5 Å². The fourth-order valence-corrected chi connectivity index (χ4v) is 4.90. The van der Waals surface area contributed by atoms with Crippen LogP contribution in [0.4, 0.5) is 0 Å². The fraction of sp³-hybridized carbons (Fsp3) is 0.636. The van der Waals surface area contributed by atoms with Crippen LogP contribution in [0.15, 0.2) is 35.3 Å². The highest BCUT2D eigenvalue weighted by Gasteiger charge is 2.15. The third-order valence-electron chi connectivity index (χ3n) is 5.03. The smallest absolute Gasteiger partial charge is 0.222 e. The van der Waals surface area contributed by atoms with Gasteiger partial charge in [-0.3, -0.25) is 9.79 Å². The van der Waals surface area contributed by atoms with Crippen molar-refractivity contribution >= 4 is 45.7 Å². The zero-order valence-corrected chi connectivity index (χ0v) is 21.7. The van der Waals surface area contributed by atoms with Gasteiger partial charge in [0.2, 0.25) is 5.91 Å². The number of halogens is 1. The molecule has 0 radical (unpaired) electrons. The minimum atomic E-state index is -3.12. The molecule has 1 heterocycles. The van der Waals surface area contributed by atoms with Crippen molar-refractivity contribution in [3.05, 3.63) is 35.9 Å². The second-order valence-corrected chi connectivity index (χ2v) is 9.85. The first-order valence-electron chi connectivity index (χ1n) is 11.0. The van der Waals surface area contributed by atoms with Gasteiger partial charge in [-0.15, -0.1) is 24.0 Å². The quantitative estimate of drug-likeness (QED) is 0.187. The van der Waals surface area contributed by atoms with Crippen LogP contribution < -0.4 is 10.6 Å². The van der Waals surface area contributed by atoms with Gasteiger partial charge in [0.05, 0.1) is 11.5 Å². The molecule has 1 fully saturated rings. The number of aliphatic imine (C=N–C) groups is 1. The van der Waals surface area contributed by atoms with E-state index in [0.717, 1.165) is 50.9 Å². The van der Waals surface area contributed by atoms with E-state index >= 15 is 0 Å². The highest BCUT2D eigenvalue weighted by Crippen LogP contribution is 2.11. The number of hydrogen-bond donors (Lipinski definition) is 2. The first kappa shape index (κ1) is 27.7. The fourth-order valence-electron chi connectivity index (χ4n) is 3.47. The zero-order chi connectivity index (χ0) is 21.7. The van der Waals surface area contributed by atoms with Crippen LogP contribution in [0.2, 0.25) is 0 Å². The highest BCUT2D eigenvalue weighted by molar-refractivity contribution is 14.0. The van der Waals surface area contributed by atoms with Crippen LogP contribution >= 0.6 is 24.0 Å². The Morgan fingerprint density at radius 2 is 1.87 bits per heavy atom. The molecule has 1 aromatic rings. The van der Waals surface area contributed by atoms with Gasteiger partial charge in [-0.1, -0.05) is 36.8 Å². The highest BCUT2D eigenvalue weighted by atomic mass is 127. The molecule has 1 amide bonds. The average Bonchev–Trinajstić information content (AvgIpc) is 2.93. The minimum absolute atomic E-state index is 0. The van der Waals surface area contributed by atoms with Gasteiger partial charge in [0.1, 0.15) is 0 Å². The van der Waals surface area contributed by atoms with E-state index in [2.05, 4.69) is 15.6 Å². The van der Waals surface area contributed by atoms with E-state index < -0.39 is 9.84 Å². The van der Waals surface area contributed by atoms with Crippen LogP contribution in [0, 0.1) is 0 Å². The maximum absolute atomic E-state index is 12.3. The topological polar surface area (TPSA) is 90.9 Å². The maximum Gasteiger partial charge on any atom is 0.222 e. The molecule has 1 aromatic carbocycles. The van der Waals surface area contributed by atoms with Crippen molar-refractivity contribution in [1.29, 1.82) is 0 Å². The number of nitrogens with zero attached hydrogens (tertiary/aromatic N) is 2. The van der Waals surface area contributed by atoms with Crippen LogP contribution in [0.5, 0.6) is 0 Å². The molecule has 1 aliphatic rings. The SMILES string of the molecule is CCNC(=NCCCN1CCCCCC1=O)NCCCS(=O)(=O)Cc1ccccc1.I. The Kier molecular flexibility index (Phi) is 13.8. The van der Waals surface area contributed by atoms with Crippen molar-refractivity contribution in [3.8, 4) is 0 Å². The Bertz CT molecular complexity index is 772.